The molecular formula is C15H13ClO2. The standard InChI is InChI=1S/C15H13ClO2/c16-15(17)18-9-14-12-7-3-1-5-10(12)11-6-2-4-8-13(11)14/h1,3,5-8,14H,2,4,9H2. The average Bonchev–Trinajstić information content (AvgIpc) is 2.71. The molecule has 1 unspecified atom stereocenters. The van der Waals surface area contributed by atoms with Gasteiger partial charge in [-0.25, -0.2) is 4.79 Å². The van der Waals surface area contributed by atoms with Crippen molar-refractivity contribution in [2.24, 2.45) is 0 Å². The third-order valence-corrected chi connectivity index (χ3v) is 3.66. The van der Waals surface area contributed by atoms with Crippen LogP contribution in [0, 0.1) is 0 Å². The average molecular weight is 261 g/mol. The Kier molecular flexibility index (Phi) is 2.96. The summed E-state index contributed by atoms with van der Waals surface area (Å²) < 4.78 is 4.99. The number of benzene rings is 1. The number of ether oxygens (including phenoxy) is 1. The molecule has 92 valence electrons. The van der Waals surface area contributed by atoms with Crippen molar-refractivity contribution in [1.29, 1.82) is 0 Å². The molecule has 0 radical (unpaired) electrons. The van der Waals surface area contributed by atoms with Gasteiger partial charge in [0.15, 0.2) is 0 Å². The number of allylic oxidation sites excluding steroid dienone is 3. The third-order valence-electron chi connectivity index (χ3n) is 3.56. The number of carbonyl (C=O) groups excluding carboxylic acids is 1. The number of carbonyl (C=O) groups is 1. The first kappa shape index (κ1) is 11.5. The van der Waals surface area contributed by atoms with Crippen molar-refractivity contribution >= 4 is 22.6 Å². The van der Waals surface area contributed by atoms with Crippen LogP contribution in [0.1, 0.15) is 29.9 Å². The van der Waals surface area contributed by atoms with Crippen molar-refractivity contribution in [3.8, 4) is 0 Å². The van der Waals surface area contributed by atoms with Crippen molar-refractivity contribution in [2.75, 3.05) is 6.61 Å². The van der Waals surface area contributed by atoms with Gasteiger partial charge in [0.25, 0.3) is 0 Å². The molecule has 0 aromatic heterocycles. The predicted octanol–water partition coefficient (Wildman–Crippen LogP) is 4.26. The first-order valence-corrected chi connectivity index (χ1v) is 6.47. The molecule has 0 N–H and O–H groups in total. The molecule has 1 aromatic rings. The topological polar surface area (TPSA) is 26.3 Å². The lowest BCUT2D eigenvalue weighted by molar-refractivity contribution is 0.170. The number of rotatable bonds is 2. The molecular weight excluding hydrogens is 248 g/mol. The molecule has 0 aliphatic heterocycles. The van der Waals surface area contributed by atoms with Gasteiger partial charge in [-0.2, -0.15) is 0 Å². The first-order chi connectivity index (χ1) is 8.77. The summed E-state index contributed by atoms with van der Waals surface area (Å²) in [6.07, 6.45) is 6.66. The van der Waals surface area contributed by atoms with E-state index < -0.39 is 5.43 Å². The van der Waals surface area contributed by atoms with Gasteiger partial charge in [-0.1, -0.05) is 36.4 Å². The van der Waals surface area contributed by atoms with Crippen molar-refractivity contribution in [3.63, 3.8) is 0 Å². The summed E-state index contributed by atoms with van der Waals surface area (Å²) in [4.78, 5) is 10.8. The lowest BCUT2D eigenvalue weighted by Crippen LogP contribution is -2.08. The number of hydrogen-bond donors (Lipinski definition) is 0. The minimum Gasteiger partial charge on any atom is -0.453 e. The smallest absolute Gasteiger partial charge is 0.403 e. The Labute approximate surface area is 111 Å². The van der Waals surface area contributed by atoms with E-state index in [0.717, 1.165) is 12.8 Å². The van der Waals surface area contributed by atoms with E-state index in [2.05, 4.69) is 24.3 Å². The molecule has 1 atom stereocenters. The van der Waals surface area contributed by atoms with Crippen LogP contribution in [0.2, 0.25) is 0 Å². The van der Waals surface area contributed by atoms with Gasteiger partial charge in [0.1, 0.15) is 6.61 Å². The van der Waals surface area contributed by atoms with Gasteiger partial charge in [0.2, 0.25) is 0 Å². The molecule has 1 aromatic carbocycles. The van der Waals surface area contributed by atoms with E-state index >= 15 is 0 Å². The van der Waals surface area contributed by atoms with Crippen molar-refractivity contribution in [3.05, 3.63) is 53.1 Å². The fourth-order valence-corrected chi connectivity index (χ4v) is 2.89. The number of halogens is 1. The summed E-state index contributed by atoms with van der Waals surface area (Å²) in [6, 6.07) is 8.29. The summed E-state index contributed by atoms with van der Waals surface area (Å²) in [5.74, 6) is 0.135. The normalized spacial score (nSPS) is 20.6. The zero-order valence-corrected chi connectivity index (χ0v) is 10.6. The van der Waals surface area contributed by atoms with Crippen molar-refractivity contribution in [2.45, 2.75) is 18.8 Å². The molecule has 3 rings (SSSR count). The summed E-state index contributed by atoms with van der Waals surface area (Å²) >= 11 is 5.26. The van der Waals surface area contributed by atoms with Crippen LogP contribution >= 0.6 is 11.6 Å². The lowest BCUT2D eigenvalue weighted by atomic mass is 9.93. The highest BCUT2D eigenvalue weighted by atomic mass is 35.5. The van der Waals surface area contributed by atoms with E-state index in [1.807, 2.05) is 12.1 Å². The Morgan fingerprint density at radius 2 is 2.06 bits per heavy atom. The van der Waals surface area contributed by atoms with Gasteiger partial charge < -0.3 is 4.74 Å². The van der Waals surface area contributed by atoms with Crippen LogP contribution in [0.3, 0.4) is 0 Å². The first-order valence-electron chi connectivity index (χ1n) is 6.09. The van der Waals surface area contributed by atoms with Gasteiger partial charge in [-0.15, -0.1) is 0 Å². The van der Waals surface area contributed by atoms with Gasteiger partial charge >= 0.3 is 5.43 Å². The highest BCUT2D eigenvalue weighted by Crippen LogP contribution is 2.47. The Morgan fingerprint density at radius 1 is 1.28 bits per heavy atom. The highest BCUT2D eigenvalue weighted by molar-refractivity contribution is 6.61. The second-order valence-corrected chi connectivity index (χ2v) is 4.85. The van der Waals surface area contributed by atoms with E-state index in [-0.39, 0.29) is 5.92 Å². The van der Waals surface area contributed by atoms with Gasteiger partial charge in [-0.05, 0) is 35.1 Å². The molecule has 0 heterocycles. The molecule has 0 spiro atoms. The Balaban J connectivity index is 2.00. The van der Waals surface area contributed by atoms with E-state index in [1.54, 1.807) is 0 Å². The third kappa shape index (κ3) is 1.87. The number of hydrogen-bond acceptors (Lipinski definition) is 2. The Morgan fingerprint density at radius 3 is 2.89 bits per heavy atom. The number of fused-ring (bicyclic) bond motifs is 3. The minimum atomic E-state index is -0.735. The molecule has 2 aliphatic rings. The molecule has 0 saturated carbocycles. The second-order valence-electron chi connectivity index (χ2n) is 4.54. The van der Waals surface area contributed by atoms with E-state index in [1.165, 1.54) is 22.3 Å². The summed E-state index contributed by atoms with van der Waals surface area (Å²) in [5.41, 5.74) is 4.34. The monoisotopic (exact) mass is 260 g/mol. The maximum absolute atomic E-state index is 10.8. The van der Waals surface area contributed by atoms with Crippen molar-refractivity contribution < 1.29 is 9.53 Å². The quantitative estimate of drug-likeness (QED) is 0.743. The van der Waals surface area contributed by atoms with Gasteiger partial charge in [-0.3, -0.25) is 0 Å². The highest BCUT2D eigenvalue weighted by Gasteiger charge is 2.32. The van der Waals surface area contributed by atoms with Crippen LogP contribution in [0.15, 0.2) is 42.0 Å². The SMILES string of the molecule is O=C(Cl)OCC1C2=CCCC=C2c2ccccc21. The molecule has 0 saturated heterocycles. The molecule has 2 nitrogen and oxygen atoms in total. The maximum Gasteiger partial charge on any atom is 0.403 e. The van der Waals surface area contributed by atoms with Gasteiger partial charge in [0.05, 0.1) is 0 Å². The largest absolute Gasteiger partial charge is 0.453 e. The van der Waals surface area contributed by atoms with Crippen LogP contribution < -0.4 is 0 Å². The van der Waals surface area contributed by atoms with Crippen LogP contribution in [0.25, 0.3) is 5.57 Å². The van der Waals surface area contributed by atoms with Crippen LogP contribution in [0.4, 0.5) is 4.79 Å². The van der Waals surface area contributed by atoms with Crippen molar-refractivity contribution in [1.82, 2.24) is 0 Å². The maximum atomic E-state index is 10.8. The predicted molar refractivity (Wildman–Crippen MR) is 71.7 cm³/mol. The fourth-order valence-electron chi connectivity index (χ4n) is 2.83. The molecule has 3 heteroatoms. The molecule has 0 bridgehead atoms. The zero-order chi connectivity index (χ0) is 12.5. The Bertz CT molecular complexity index is 557. The fraction of sp³-hybridized carbons (Fsp3) is 0.267. The van der Waals surface area contributed by atoms with E-state index in [9.17, 15) is 4.79 Å². The molecule has 0 fully saturated rings. The summed E-state index contributed by atoms with van der Waals surface area (Å²) in [5, 5.41) is 0. The van der Waals surface area contributed by atoms with Crippen LogP contribution in [0.5, 0.6) is 0 Å². The zero-order valence-electron chi connectivity index (χ0n) is 9.86. The lowest BCUT2D eigenvalue weighted by Gasteiger charge is -2.15. The van der Waals surface area contributed by atoms with Crippen LogP contribution in [-0.2, 0) is 4.74 Å². The molecule has 18 heavy (non-hydrogen) atoms. The minimum absolute atomic E-state index is 0.135. The second kappa shape index (κ2) is 4.62. The van der Waals surface area contributed by atoms with Crippen LogP contribution in [-0.4, -0.2) is 12.0 Å². The summed E-state index contributed by atoms with van der Waals surface area (Å²) in [7, 11) is 0. The van der Waals surface area contributed by atoms with Gasteiger partial charge in [0, 0.05) is 17.5 Å². The van der Waals surface area contributed by atoms with E-state index in [4.69, 9.17) is 16.3 Å². The Hall–Kier alpha value is -1.54. The molecule has 2 aliphatic carbocycles. The molecule has 0 amide bonds. The summed E-state index contributed by atoms with van der Waals surface area (Å²) in [6.45, 7) is 0.322. The van der Waals surface area contributed by atoms with E-state index in [0.29, 0.717) is 6.61 Å².